The van der Waals surface area contributed by atoms with Gasteiger partial charge >= 0.3 is 0 Å². The Kier molecular flexibility index (Phi) is 3.45. The van der Waals surface area contributed by atoms with Crippen LogP contribution < -0.4 is 11.3 Å². The summed E-state index contributed by atoms with van der Waals surface area (Å²) in [5.74, 6) is 0.769. The highest BCUT2D eigenvalue weighted by Gasteiger charge is 2.18. The minimum Gasteiger partial charge on any atom is -0.399 e. The van der Waals surface area contributed by atoms with E-state index >= 15 is 0 Å². The fourth-order valence-corrected chi connectivity index (χ4v) is 3.33. The van der Waals surface area contributed by atoms with Gasteiger partial charge in [-0.1, -0.05) is 29.8 Å². The van der Waals surface area contributed by atoms with E-state index < -0.39 is 0 Å². The third kappa shape index (κ3) is 2.50. The lowest BCUT2D eigenvalue weighted by Gasteiger charge is -2.21. The Labute approximate surface area is 140 Å². The van der Waals surface area contributed by atoms with E-state index in [1.54, 1.807) is 22.8 Å². The molecule has 120 valence electrons. The molecule has 0 fully saturated rings. The van der Waals surface area contributed by atoms with Crippen molar-refractivity contribution in [1.29, 1.82) is 0 Å². The SMILES string of the molecule is Cc1cccc(C=C2CCCn3c2nc2cc(N)ccc2c3=O)c1. The highest BCUT2D eigenvalue weighted by atomic mass is 16.1. The molecule has 0 amide bonds. The second-order valence-corrected chi connectivity index (χ2v) is 6.36. The average Bonchev–Trinajstić information content (AvgIpc) is 2.56. The number of aromatic nitrogens is 2. The van der Waals surface area contributed by atoms with Crippen LogP contribution in [0, 0.1) is 6.92 Å². The van der Waals surface area contributed by atoms with E-state index in [1.807, 2.05) is 6.07 Å². The van der Waals surface area contributed by atoms with Crippen LogP contribution in [0.4, 0.5) is 5.69 Å². The summed E-state index contributed by atoms with van der Waals surface area (Å²) in [6, 6.07) is 13.6. The molecule has 24 heavy (non-hydrogen) atoms. The van der Waals surface area contributed by atoms with Crippen LogP contribution in [0.5, 0.6) is 0 Å². The van der Waals surface area contributed by atoms with Gasteiger partial charge in [0.1, 0.15) is 5.82 Å². The van der Waals surface area contributed by atoms with E-state index in [1.165, 1.54) is 5.56 Å². The van der Waals surface area contributed by atoms with Gasteiger partial charge in [-0.15, -0.1) is 0 Å². The second kappa shape index (κ2) is 5.64. The van der Waals surface area contributed by atoms with Crippen molar-refractivity contribution in [1.82, 2.24) is 9.55 Å². The molecule has 3 aromatic rings. The van der Waals surface area contributed by atoms with Crippen LogP contribution in [0.1, 0.15) is 29.8 Å². The van der Waals surface area contributed by atoms with Crippen LogP contribution in [-0.4, -0.2) is 9.55 Å². The molecule has 4 heteroatoms. The quantitative estimate of drug-likeness (QED) is 0.697. The number of allylic oxidation sites excluding steroid dienone is 1. The Balaban J connectivity index is 1.94. The number of benzene rings is 2. The Morgan fingerprint density at radius 2 is 2.08 bits per heavy atom. The van der Waals surface area contributed by atoms with E-state index in [0.29, 0.717) is 23.1 Å². The first-order chi connectivity index (χ1) is 11.6. The fourth-order valence-electron chi connectivity index (χ4n) is 3.33. The maximum atomic E-state index is 12.8. The Hall–Kier alpha value is -2.88. The topological polar surface area (TPSA) is 60.9 Å². The van der Waals surface area contributed by atoms with Gasteiger partial charge in [0.25, 0.3) is 5.56 Å². The van der Waals surface area contributed by atoms with E-state index in [0.717, 1.165) is 29.8 Å². The molecule has 0 unspecified atom stereocenters. The van der Waals surface area contributed by atoms with Gasteiger partial charge in [-0.25, -0.2) is 4.98 Å². The van der Waals surface area contributed by atoms with Crippen molar-refractivity contribution in [2.24, 2.45) is 0 Å². The molecule has 0 saturated heterocycles. The van der Waals surface area contributed by atoms with E-state index in [-0.39, 0.29) is 5.56 Å². The maximum Gasteiger partial charge on any atom is 0.261 e. The van der Waals surface area contributed by atoms with Crippen molar-refractivity contribution in [3.05, 3.63) is 69.8 Å². The molecular weight excluding hydrogens is 298 g/mol. The van der Waals surface area contributed by atoms with Crippen molar-refractivity contribution in [2.45, 2.75) is 26.3 Å². The molecule has 2 N–H and O–H groups in total. The normalized spacial score (nSPS) is 15.6. The lowest BCUT2D eigenvalue weighted by Crippen LogP contribution is -2.27. The average molecular weight is 317 g/mol. The fraction of sp³-hybridized carbons (Fsp3) is 0.200. The van der Waals surface area contributed by atoms with E-state index in [2.05, 4.69) is 31.2 Å². The van der Waals surface area contributed by atoms with Crippen LogP contribution in [-0.2, 0) is 6.54 Å². The number of anilines is 1. The zero-order valence-corrected chi connectivity index (χ0v) is 13.6. The van der Waals surface area contributed by atoms with E-state index in [9.17, 15) is 4.79 Å². The highest BCUT2D eigenvalue weighted by molar-refractivity contribution is 5.85. The Bertz CT molecular complexity index is 1030. The third-order valence-corrected chi connectivity index (χ3v) is 4.48. The number of nitrogens with zero attached hydrogens (tertiary/aromatic N) is 2. The van der Waals surface area contributed by atoms with Gasteiger partial charge in [0.15, 0.2) is 0 Å². The van der Waals surface area contributed by atoms with Crippen LogP contribution >= 0.6 is 0 Å². The third-order valence-electron chi connectivity index (χ3n) is 4.48. The molecule has 4 rings (SSSR count). The first kappa shape index (κ1) is 14.7. The molecule has 1 aliphatic heterocycles. The minimum absolute atomic E-state index is 0.0184. The van der Waals surface area contributed by atoms with Gasteiger partial charge < -0.3 is 5.73 Å². The summed E-state index contributed by atoms with van der Waals surface area (Å²) in [5.41, 5.74) is 10.6. The number of aryl methyl sites for hydroxylation is 1. The monoisotopic (exact) mass is 317 g/mol. The maximum absolute atomic E-state index is 12.8. The number of nitrogen functional groups attached to an aromatic ring is 1. The molecule has 0 bridgehead atoms. The Morgan fingerprint density at radius 1 is 1.21 bits per heavy atom. The lowest BCUT2D eigenvalue weighted by atomic mass is 10.0. The van der Waals surface area contributed by atoms with Crippen molar-refractivity contribution < 1.29 is 0 Å². The number of hydrogen-bond acceptors (Lipinski definition) is 3. The lowest BCUT2D eigenvalue weighted by molar-refractivity contribution is 0.587. The largest absolute Gasteiger partial charge is 0.399 e. The molecule has 0 aliphatic carbocycles. The summed E-state index contributed by atoms with van der Waals surface area (Å²) in [6.07, 6.45) is 4.02. The number of fused-ring (bicyclic) bond motifs is 2. The summed E-state index contributed by atoms with van der Waals surface area (Å²) in [7, 11) is 0. The summed E-state index contributed by atoms with van der Waals surface area (Å²) in [5, 5.41) is 0.629. The highest BCUT2D eigenvalue weighted by Crippen LogP contribution is 2.27. The Morgan fingerprint density at radius 3 is 2.92 bits per heavy atom. The van der Waals surface area contributed by atoms with Crippen molar-refractivity contribution in [3.8, 4) is 0 Å². The molecule has 1 aliphatic rings. The van der Waals surface area contributed by atoms with Gasteiger partial charge in [-0.2, -0.15) is 0 Å². The summed E-state index contributed by atoms with van der Waals surface area (Å²) in [6.45, 7) is 2.79. The first-order valence-electron chi connectivity index (χ1n) is 8.19. The molecule has 0 spiro atoms. The zero-order valence-electron chi connectivity index (χ0n) is 13.6. The number of nitrogens with two attached hydrogens (primary N) is 1. The predicted molar refractivity (Wildman–Crippen MR) is 98.7 cm³/mol. The second-order valence-electron chi connectivity index (χ2n) is 6.36. The van der Waals surface area contributed by atoms with Crippen LogP contribution in [0.25, 0.3) is 22.6 Å². The van der Waals surface area contributed by atoms with Crippen molar-refractivity contribution >= 4 is 28.2 Å². The van der Waals surface area contributed by atoms with Crippen LogP contribution in [0.15, 0.2) is 47.3 Å². The zero-order chi connectivity index (χ0) is 16.7. The summed E-state index contributed by atoms with van der Waals surface area (Å²) >= 11 is 0. The van der Waals surface area contributed by atoms with Crippen LogP contribution in [0.3, 0.4) is 0 Å². The number of rotatable bonds is 1. The van der Waals surface area contributed by atoms with Crippen molar-refractivity contribution in [2.75, 3.05) is 5.73 Å². The molecule has 4 nitrogen and oxygen atoms in total. The first-order valence-corrected chi connectivity index (χ1v) is 8.19. The molecule has 2 aromatic carbocycles. The van der Waals surface area contributed by atoms with Crippen LogP contribution in [0.2, 0.25) is 0 Å². The van der Waals surface area contributed by atoms with Gasteiger partial charge in [0.2, 0.25) is 0 Å². The van der Waals surface area contributed by atoms with E-state index in [4.69, 9.17) is 10.7 Å². The number of hydrogen-bond donors (Lipinski definition) is 1. The van der Waals surface area contributed by atoms with Gasteiger partial charge in [-0.05, 0) is 55.2 Å². The molecule has 0 radical (unpaired) electrons. The molecule has 1 aromatic heterocycles. The smallest absolute Gasteiger partial charge is 0.261 e. The van der Waals surface area contributed by atoms with Gasteiger partial charge in [0, 0.05) is 12.2 Å². The molecule has 0 atom stereocenters. The summed E-state index contributed by atoms with van der Waals surface area (Å²) < 4.78 is 1.80. The van der Waals surface area contributed by atoms with Crippen molar-refractivity contribution in [3.63, 3.8) is 0 Å². The van der Waals surface area contributed by atoms with Gasteiger partial charge in [0.05, 0.1) is 10.9 Å². The molecule has 0 saturated carbocycles. The standard InChI is InChI=1S/C20H19N3O/c1-13-4-2-5-14(10-13)11-15-6-3-9-23-19(15)22-18-12-16(21)7-8-17(18)20(23)24/h2,4-5,7-8,10-12H,3,6,9,21H2,1H3. The molecule has 2 heterocycles. The van der Waals surface area contributed by atoms with Gasteiger partial charge in [-0.3, -0.25) is 9.36 Å². The summed E-state index contributed by atoms with van der Waals surface area (Å²) in [4.78, 5) is 17.5. The predicted octanol–water partition coefficient (Wildman–Crippen LogP) is 3.62. The minimum atomic E-state index is 0.0184. The molecular formula is C20H19N3O.